The maximum atomic E-state index is 10.2. The van der Waals surface area contributed by atoms with Crippen LogP contribution in [0.2, 0.25) is 0 Å². The fraction of sp³-hybridized carbons (Fsp3) is 0.600. The molecule has 0 amide bonds. The number of hydrogen-bond acceptors (Lipinski definition) is 6. The molecule has 0 aromatic carbocycles. The van der Waals surface area contributed by atoms with Crippen molar-refractivity contribution in [2.24, 2.45) is 5.73 Å². The zero-order chi connectivity index (χ0) is 11.8. The molecule has 0 radical (unpaired) electrons. The van der Waals surface area contributed by atoms with Crippen molar-refractivity contribution in [1.82, 2.24) is 9.97 Å². The van der Waals surface area contributed by atoms with Crippen molar-refractivity contribution < 1.29 is 14.6 Å². The Hall–Kier alpha value is -1.40. The van der Waals surface area contributed by atoms with E-state index in [4.69, 9.17) is 15.2 Å². The summed E-state index contributed by atoms with van der Waals surface area (Å²) in [5, 5.41) is 10.2. The number of nitrogens with zero attached hydrogens (tertiary/aromatic N) is 2. The Labute approximate surface area is 93.4 Å². The van der Waals surface area contributed by atoms with E-state index in [2.05, 4.69) is 9.97 Å². The van der Waals surface area contributed by atoms with Gasteiger partial charge in [-0.1, -0.05) is 0 Å². The fourth-order valence-corrected chi connectivity index (χ4v) is 1.92. The predicted octanol–water partition coefficient (Wildman–Crippen LogP) is -0.198. The molecule has 1 aromatic heterocycles. The number of methoxy groups -OCH3 is 2. The second-order valence-electron chi connectivity index (χ2n) is 3.97. The Kier molecular flexibility index (Phi) is 2.69. The lowest BCUT2D eigenvalue weighted by molar-refractivity contribution is -0.0581. The normalized spacial score (nSPS) is 28.4. The SMILES string of the molecule is COc1cnc(C2(O)CC(N)C2)c(OC)n1. The topological polar surface area (TPSA) is 90.5 Å². The first-order chi connectivity index (χ1) is 7.59. The predicted molar refractivity (Wildman–Crippen MR) is 56.2 cm³/mol. The molecule has 16 heavy (non-hydrogen) atoms. The Morgan fingerprint density at radius 3 is 2.62 bits per heavy atom. The first kappa shape index (κ1) is 11.1. The van der Waals surface area contributed by atoms with Gasteiger partial charge in [0, 0.05) is 6.04 Å². The van der Waals surface area contributed by atoms with E-state index < -0.39 is 5.60 Å². The second kappa shape index (κ2) is 3.88. The molecule has 1 saturated carbocycles. The lowest BCUT2D eigenvalue weighted by Gasteiger charge is -2.41. The third kappa shape index (κ3) is 1.70. The molecule has 88 valence electrons. The van der Waals surface area contributed by atoms with Crippen LogP contribution in [-0.4, -0.2) is 35.3 Å². The van der Waals surface area contributed by atoms with Crippen molar-refractivity contribution in [2.45, 2.75) is 24.5 Å². The van der Waals surface area contributed by atoms with Crippen molar-refractivity contribution in [2.75, 3.05) is 14.2 Å². The molecular formula is C10H15N3O3. The minimum absolute atomic E-state index is 0.0126. The van der Waals surface area contributed by atoms with E-state index >= 15 is 0 Å². The van der Waals surface area contributed by atoms with E-state index in [0.717, 1.165) is 0 Å². The third-order valence-electron chi connectivity index (χ3n) is 2.76. The largest absolute Gasteiger partial charge is 0.480 e. The highest BCUT2D eigenvalue weighted by molar-refractivity contribution is 5.30. The molecular weight excluding hydrogens is 210 g/mol. The first-order valence-corrected chi connectivity index (χ1v) is 5.02. The molecule has 1 aliphatic carbocycles. The molecule has 3 N–H and O–H groups in total. The smallest absolute Gasteiger partial charge is 0.241 e. The van der Waals surface area contributed by atoms with Crippen LogP contribution >= 0.6 is 0 Å². The van der Waals surface area contributed by atoms with Crippen molar-refractivity contribution >= 4 is 0 Å². The van der Waals surface area contributed by atoms with Gasteiger partial charge in [0.15, 0.2) is 0 Å². The summed E-state index contributed by atoms with van der Waals surface area (Å²) in [5.41, 5.74) is 5.08. The zero-order valence-electron chi connectivity index (χ0n) is 9.30. The summed E-state index contributed by atoms with van der Waals surface area (Å²) in [4.78, 5) is 8.21. The van der Waals surface area contributed by atoms with Crippen molar-refractivity contribution in [3.8, 4) is 11.8 Å². The van der Waals surface area contributed by atoms with Gasteiger partial charge in [-0.2, -0.15) is 4.98 Å². The lowest BCUT2D eigenvalue weighted by Crippen LogP contribution is -2.49. The monoisotopic (exact) mass is 225 g/mol. The van der Waals surface area contributed by atoms with Crippen LogP contribution in [0, 0.1) is 0 Å². The summed E-state index contributed by atoms with van der Waals surface area (Å²) in [7, 11) is 2.98. The average Bonchev–Trinajstić information content (AvgIpc) is 2.26. The Morgan fingerprint density at radius 1 is 1.44 bits per heavy atom. The van der Waals surface area contributed by atoms with Crippen LogP contribution < -0.4 is 15.2 Å². The van der Waals surface area contributed by atoms with Gasteiger partial charge in [0.05, 0.1) is 20.4 Å². The van der Waals surface area contributed by atoms with Gasteiger partial charge in [-0.15, -0.1) is 0 Å². The second-order valence-corrected chi connectivity index (χ2v) is 3.97. The maximum Gasteiger partial charge on any atom is 0.241 e. The van der Waals surface area contributed by atoms with Gasteiger partial charge in [-0.3, -0.25) is 0 Å². The van der Waals surface area contributed by atoms with Gasteiger partial charge >= 0.3 is 0 Å². The minimum atomic E-state index is -1.01. The van der Waals surface area contributed by atoms with E-state index in [1.165, 1.54) is 20.4 Å². The quantitative estimate of drug-likeness (QED) is 0.740. The molecule has 0 saturated heterocycles. The lowest BCUT2D eigenvalue weighted by atomic mass is 9.74. The highest BCUT2D eigenvalue weighted by Gasteiger charge is 2.46. The van der Waals surface area contributed by atoms with Crippen LogP contribution in [0.3, 0.4) is 0 Å². The van der Waals surface area contributed by atoms with Gasteiger partial charge < -0.3 is 20.3 Å². The summed E-state index contributed by atoms with van der Waals surface area (Å²) >= 11 is 0. The van der Waals surface area contributed by atoms with E-state index in [9.17, 15) is 5.11 Å². The highest BCUT2D eigenvalue weighted by atomic mass is 16.5. The van der Waals surface area contributed by atoms with Gasteiger partial charge in [-0.25, -0.2) is 4.98 Å². The summed E-state index contributed by atoms with van der Waals surface area (Å²) < 4.78 is 10.0. The summed E-state index contributed by atoms with van der Waals surface area (Å²) in [6.45, 7) is 0. The first-order valence-electron chi connectivity index (χ1n) is 5.02. The molecule has 0 unspecified atom stereocenters. The number of rotatable bonds is 3. The number of hydrogen-bond donors (Lipinski definition) is 2. The fourth-order valence-electron chi connectivity index (χ4n) is 1.92. The number of aromatic nitrogens is 2. The van der Waals surface area contributed by atoms with Gasteiger partial charge in [0.25, 0.3) is 0 Å². The van der Waals surface area contributed by atoms with Crippen LogP contribution in [0.1, 0.15) is 18.5 Å². The number of nitrogens with two attached hydrogens (primary N) is 1. The minimum Gasteiger partial charge on any atom is -0.480 e. The van der Waals surface area contributed by atoms with Crippen LogP contribution in [0.4, 0.5) is 0 Å². The molecule has 0 atom stereocenters. The van der Waals surface area contributed by atoms with Crippen molar-refractivity contribution in [1.29, 1.82) is 0 Å². The van der Waals surface area contributed by atoms with Crippen LogP contribution in [-0.2, 0) is 5.60 Å². The molecule has 6 heteroatoms. The van der Waals surface area contributed by atoms with Crippen LogP contribution in [0.5, 0.6) is 11.8 Å². The zero-order valence-corrected chi connectivity index (χ0v) is 9.30. The molecule has 1 heterocycles. The number of ether oxygens (including phenoxy) is 2. The molecule has 2 rings (SSSR count). The average molecular weight is 225 g/mol. The van der Waals surface area contributed by atoms with Crippen LogP contribution in [0.15, 0.2) is 6.20 Å². The summed E-state index contributed by atoms with van der Waals surface area (Å²) in [5.74, 6) is 0.640. The summed E-state index contributed by atoms with van der Waals surface area (Å²) in [6.07, 6.45) is 2.41. The third-order valence-corrected chi connectivity index (χ3v) is 2.76. The van der Waals surface area contributed by atoms with Gasteiger partial charge in [-0.05, 0) is 12.8 Å². The van der Waals surface area contributed by atoms with Gasteiger partial charge in [0.2, 0.25) is 11.8 Å². The van der Waals surface area contributed by atoms with Crippen molar-refractivity contribution in [3.63, 3.8) is 0 Å². The molecule has 1 fully saturated rings. The highest BCUT2D eigenvalue weighted by Crippen LogP contribution is 2.42. The molecule has 0 spiro atoms. The molecule has 0 aliphatic heterocycles. The number of aliphatic hydroxyl groups is 1. The van der Waals surface area contributed by atoms with E-state index in [1.807, 2.05) is 0 Å². The molecule has 6 nitrogen and oxygen atoms in total. The Morgan fingerprint density at radius 2 is 2.12 bits per heavy atom. The molecule has 0 bridgehead atoms. The van der Waals surface area contributed by atoms with E-state index in [0.29, 0.717) is 24.4 Å². The maximum absolute atomic E-state index is 10.2. The van der Waals surface area contributed by atoms with E-state index in [-0.39, 0.29) is 11.9 Å². The van der Waals surface area contributed by atoms with Crippen molar-refractivity contribution in [3.05, 3.63) is 11.9 Å². The van der Waals surface area contributed by atoms with E-state index in [1.54, 1.807) is 0 Å². The molecule has 1 aliphatic rings. The summed E-state index contributed by atoms with van der Waals surface area (Å²) in [6, 6.07) is 0.0126. The van der Waals surface area contributed by atoms with Gasteiger partial charge in [0.1, 0.15) is 11.3 Å². The Bertz CT molecular complexity index is 391. The van der Waals surface area contributed by atoms with Crippen LogP contribution in [0.25, 0.3) is 0 Å². The molecule has 1 aromatic rings. The Balaban J connectivity index is 2.34. The standard InChI is InChI=1S/C10H15N3O3/c1-15-7-5-12-8(9(13-7)16-2)10(14)3-6(11)4-10/h5-6,14H,3-4,11H2,1-2H3.